The molecule has 0 aromatic heterocycles. The van der Waals surface area contributed by atoms with Gasteiger partial charge in [0.1, 0.15) is 6.04 Å². The maximum Gasteiger partial charge on any atom is 0.326 e. The molecule has 0 spiro atoms. The molecule has 0 saturated carbocycles. The van der Waals surface area contributed by atoms with Crippen LogP contribution >= 0.6 is 23.5 Å². The second kappa shape index (κ2) is 34.9. The highest BCUT2D eigenvalue weighted by Gasteiger charge is 2.31. The van der Waals surface area contributed by atoms with Crippen molar-refractivity contribution in [3.63, 3.8) is 0 Å². The average molecular weight is 907 g/mol. The molecule has 18 nitrogen and oxygen atoms in total. The molecule has 0 saturated heterocycles. The maximum atomic E-state index is 13.0. The molecule has 20 heteroatoms. The number of carbonyl (C=O) groups is 8. The van der Waals surface area contributed by atoms with Gasteiger partial charge in [0.25, 0.3) is 0 Å². The van der Waals surface area contributed by atoms with Crippen molar-refractivity contribution >= 4 is 70.9 Å². The summed E-state index contributed by atoms with van der Waals surface area (Å²) in [5.41, 5.74) is -0.907. The highest BCUT2D eigenvalue weighted by molar-refractivity contribution is 8.00. The van der Waals surface area contributed by atoms with Crippen molar-refractivity contribution in [2.24, 2.45) is 11.3 Å². The minimum Gasteiger partial charge on any atom is -0.481 e. The molecule has 1 unspecified atom stereocenters. The molecule has 61 heavy (non-hydrogen) atoms. The lowest BCUT2D eigenvalue weighted by Crippen LogP contribution is -2.46. The molecule has 0 aliphatic heterocycles. The molecular formula is C41H74N6O12S2. The molecule has 0 bridgehead atoms. The number of aliphatic carboxylic acids is 2. The Bertz CT molecular complexity index is 1340. The Kier molecular flexibility index (Phi) is 32.8. The normalized spacial score (nSPS) is 12.2. The Labute approximate surface area is 370 Å². The fourth-order valence-electron chi connectivity index (χ4n) is 5.39. The van der Waals surface area contributed by atoms with Gasteiger partial charge < -0.3 is 51.2 Å². The van der Waals surface area contributed by atoms with E-state index < -0.39 is 29.3 Å². The zero-order chi connectivity index (χ0) is 46.1. The van der Waals surface area contributed by atoms with Crippen molar-refractivity contribution in [1.29, 1.82) is 0 Å². The molecule has 6 amide bonds. The summed E-state index contributed by atoms with van der Waals surface area (Å²) in [5.74, 6) is -1.84. The molecule has 0 fully saturated rings. The van der Waals surface area contributed by atoms with Crippen molar-refractivity contribution < 1.29 is 58.0 Å². The van der Waals surface area contributed by atoms with Crippen LogP contribution in [-0.2, 0) is 47.8 Å². The van der Waals surface area contributed by atoms with E-state index in [1.807, 2.05) is 27.7 Å². The van der Waals surface area contributed by atoms with E-state index >= 15 is 0 Å². The zero-order valence-corrected chi connectivity index (χ0v) is 38.9. The van der Waals surface area contributed by atoms with Crippen LogP contribution in [0.5, 0.6) is 0 Å². The fraction of sp³-hybridized carbons (Fsp3) is 0.805. The highest BCUT2D eigenvalue weighted by atomic mass is 32.2. The largest absolute Gasteiger partial charge is 0.481 e. The average Bonchev–Trinajstić information content (AvgIpc) is 3.19. The quantitative estimate of drug-likeness (QED) is 0.0440. The molecule has 0 aliphatic rings. The summed E-state index contributed by atoms with van der Waals surface area (Å²) in [6, 6.07) is -1.08. The molecule has 0 aromatic carbocycles. The van der Waals surface area contributed by atoms with Crippen molar-refractivity contribution in [3.8, 4) is 0 Å². The molecule has 0 rings (SSSR count). The Morgan fingerprint density at radius 2 is 1.28 bits per heavy atom. The first kappa shape index (κ1) is 57.4. The van der Waals surface area contributed by atoms with Crippen LogP contribution in [0.1, 0.15) is 106 Å². The van der Waals surface area contributed by atoms with Crippen LogP contribution < -0.4 is 26.6 Å². The number of carboxylic acid groups (broad SMARTS) is 2. The number of ether oxygens (including phenoxy) is 2. The van der Waals surface area contributed by atoms with Gasteiger partial charge in [0.2, 0.25) is 35.4 Å². The van der Waals surface area contributed by atoms with E-state index in [1.165, 1.54) is 23.5 Å². The predicted octanol–water partition coefficient (Wildman–Crippen LogP) is 2.43. The standard InChI is InChI=1S/C41H74N6O12S2/c1-7-60-28-35(50)43-19-21-47(22-20-44-36(51)29-61-30(2)3)37(52)14-13-33(48)45-27-31(4)15-23-58-25-26-59-24-16-34(49)42-18-9-8-11-32(39(55)56)46-40(57)41(5,6)17-10-12-38(53)54/h30-32H,7-29H2,1-6H3,(H,42,49)(H,43,50)(H,44,51)(H,45,48)(H,46,57)(H,53,54)(H,55,56)/t31?,32-/m0/s1. The molecule has 7 N–H and O–H groups in total. The van der Waals surface area contributed by atoms with E-state index in [4.69, 9.17) is 14.6 Å². The van der Waals surface area contributed by atoms with Gasteiger partial charge in [0, 0.05) is 77.0 Å². The lowest BCUT2D eigenvalue weighted by Gasteiger charge is -2.25. The van der Waals surface area contributed by atoms with Crippen LogP contribution in [0.4, 0.5) is 0 Å². The zero-order valence-electron chi connectivity index (χ0n) is 37.2. The van der Waals surface area contributed by atoms with Crippen molar-refractivity contribution in [1.82, 2.24) is 31.5 Å². The van der Waals surface area contributed by atoms with E-state index in [9.17, 15) is 43.5 Å². The van der Waals surface area contributed by atoms with Gasteiger partial charge in [-0.1, -0.05) is 41.5 Å². The smallest absolute Gasteiger partial charge is 0.326 e. The number of carbonyl (C=O) groups excluding carboxylic acids is 6. The Balaban J connectivity index is 4.24. The summed E-state index contributed by atoms with van der Waals surface area (Å²) in [4.78, 5) is 98.5. The summed E-state index contributed by atoms with van der Waals surface area (Å²) in [6.07, 6.45) is 2.56. The van der Waals surface area contributed by atoms with Crippen LogP contribution in [0, 0.1) is 11.3 Å². The van der Waals surface area contributed by atoms with Crippen molar-refractivity contribution in [2.45, 2.75) is 117 Å². The highest BCUT2D eigenvalue weighted by Crippen LogP contribution is 2.24. The number of amides is 6. The van der Waals surface area contributed by atoms with E-state index in [2.05, 4.69) is 26.6 Å². The van der Waals surface area contributed by atoms with Gasteiger partial charge in [-0.15, -0.1) is 11.8 Å². The van der Waals surface area contributed by atoms with Gasteiger partial charge in [-0.2, -0.15) is 11.8 Å². The predicted molar refractivity (Wildman–Crippen MR) is 237 cm³/mol. The number of carboxylic acids is 2. The minimum atomic E-state index is -1.16. The van der Waals surface area contributed by atoms with Gasteiger partial charge in [0.05, 0.1) is 31.3 Å². The lowest BCUT2D eigenvalue weighted by atomic mass is 9.85. The number of thioether (sulfide) groups is 2. The van der Waals surface area contributed by atoms with Crippen molar-refractivity contribution in [3.05, 3.63) is 0 Å². The molecule has 352 valence electrons. The van der Waals surface area contributed by atoms with E-state index in [0.717, 1.165) is 5.75 Å². The maximum absolute atomic E-state index is 13.0. The molecule has 0 heterocycles. The Morgan fingerprint density at radius 3 is 1.89 bits per heavy atom. The van der Waals surface area contributed by atoms with Crippen molar-refractivity contribution in [2.75, 3.05) is 83.0 Å². The first-order valence-corrected chi connectivity index (χ1v) is 23.5. The number of hydrogen-bond acceptors (Lipinski definition) is 12. The van der Waals surface area contributed by atoms with Crippen LogP contribution in [-0.4, -0.2) is 157 Å². The van der Waals surface area contributed by atoms with E-state index in [-0.39, 0.29) is 100 Å². The third-order valence-corrected chi connectivity index (χ3v) is 11.2. The number of rotatable bonds is 38. The Morgan fingerprint density at radius 1 is 0.672 bits per heavy atom. The van der Waals surface area contributed by atoms with Crippen LogP contribution in [0.2, 0.25) is 0 Å². The summed E-state index contributed by atoms with van der Waals surface area (Å²) >= 11 is 3.03. The Hall–Kier alpha value is -3.62. The van der Waals surface area contributed by atoms with Gasteiger partial charge in [-0.3, -0.25) is 33.6 Å². The fourth-order valence-corrected chi connectivity index (χ4v) is 6.46. The molecule has 0 aromatic rings. The van der Waals surface area contributed by atoms with Crippen LogP contribution in [0.3, 0.4) is 0 Å². The van der Waals surface area contributed by atoms with Gasteiger partial charge in [0.15, 0.2) is 0 Å². The number of unbranched alkanes of at least 4 members (excludes halogenated alkanes) is 1. The summed E-state index contributed by atoms with van der Waals surface area (Å²) in [7, 11) is 0. The summed E-state index contributed by atoms with van der Waals surface area (Å²) in [6.45, 7) is 14.4. The number of nitrogens with one attached hydrogen (secondary N) is 5. The SMILES string of the molecule is CCSCC(=O)NCCN(CCNC(=O)CSC(C)C)C(=O)CCC(=O)NCC(C)CCOCCOCCC(=O)NCCCC[C@H](NC(=O)C(C)(C)CCCC(=O)O)C(=O)O. The summed E-state index contributed by atoms with van der Waals surface area (Å²) in [5, 5.41) is 32.5. The monoisotopic (exact) mass is 906 g/mol. The lowest BCUT2D eigenvalue weighted by molar-refractivity contribution is -0.143. The third-order valence-electron chi connectivity index (χ3n) is 9.21. The first-order chi connectivity index (χ1) is 28.9. The number of hydrogen-bond donors (Lipinski definition) is 7. The molecule has 0 aliphatic carbocycles. The van der Waals surface area contributed by atoms with E-state index in [0.29, 0.717) is 81.8 Å². The van der Waals surface area contributed by atoms with Crippen LogP contribution in [0.15, 0.2) is 0 Å². The number of nitrogens with zero attached hydrogens (tertiary/aromatic N) is 1. The molecular weight excluding hydrogens is 833 g/mol. The van der Waals surface area contributed by atoms with Gasteiger partial charge >= 0.3 is 11.9 Å². The third kappa shape index (κ3) is 32.7. The van der Waals surface area contributed by atoms with Crippen LogP contribution in [0.25, 0.3) is 0 Å². The second-order valence-corrected chi connectivity index (χ2v) is 18.4. The molecule has 2 atom stereocenters. The topological polar surface area (TPSA) is 259 Å². The van der Waals surface area contributed by atoms with Gasteiger partial charge in [-0.05, 0) is 55.4 Å². The minimum absolute atomic E-state index is 0.000651. The second-order valence-electron chi connectivity index (χ2n) is 15.6. The molecule has 0 radical (unpaired) electrons. The van der Waals surface area contributed by atoms with Gasteiger partial charge in [-0.25, -0.2) is 4.79 Å². The van der Waals surface area contributed by atoms with E-state index in [1.54, 1.807) is 18.7 Å². The summed E-state index contributed by atoms with van der Waals surface area (Å²) < 4.78 is 11.1. The first-order valence-electron chi connectivity index (χ1n) is 21.3.